The second kappa shape index (κ2) is 7.69. The van der Waals surface area contributed by atoms with E-state index in [4.69, 9.17) is 0 Å². The molecule has 2 aromatic heterocycles. The molecule has 1 aromatic carbocycles. The molecule has 1 saturated heterocycles. The number of anilines is 1. The normalized spacial score (nSPS) is 16.0. The topological polar surface area (TPSA) is 84.2 Å². The van der Waals surface area contributed by atoms with Crippen molar-refractivity contribution < 1.29 is 21.6 Å². The summed E-state index contributed by atoms with van der Waals surface area (Å²) in [6, 6.07) is 9.46. The van der Waals surface area contributed by atoms with Crippen molar-refractivity contribution in [3.63, 3.8) is 0 Å². The molecule has 0 N–H and O–H groups in total. The number of aromatic nitrogens is 4. The van der Waals surface area contributed by atoms with Crippen LogP contribution in [0.3, 0.4) is 0 Å². The van der Waals surface area contributed by atoms with Gasteiger partial charge in [-0.3, -0.25) is 0 Å². The van der Waals surface area contributed by atoms with Crippen LogP contribution in [0.5, 0.6) is 0 Å². The van der Waals surface area contributed by atoms with E-state index in [9.17, 15) is 21.6 Å². The van der Waals surface area contributed by atoms with Crippen LogP contribution >= 0.6 is 0 Å². The molecule has 0 aliphatic carbocycles. The van der Waals surface area contributed by atoms with Crippen molar-refractivity contribution in [3.8, 4) is 5.82 Å². The molecule has 12 heteroatoms. The number of hydrogen-bond acceptors (Lipinski definition) is 6. The van der Waals surface area contributed by atoms with Crippen molar-refractivity contribution in [2.45, 2.75) is 11.1 Å². The van der Waals surface area contributed by atoms with E-state index in [1.54, 1.807) is 35.3 Å². The number of halogens is 3. The Labute approximate surface area is 170 Å². The maximum atomic E-state index is 13.3. The predicted octanol–water partition coefficient (Wildman–Crippen LogP) is 2.19. The fourth-order valence-electron chi connectivity index (χ4n) is 3.24. The van der Waals surface area contributed by atoms with E-state index in [2.05, 4.69) is 15.3 Å². The minimum Gasteiger partial charge on any atom is -0.352 e. The molecule has 3 aromatic rings. The number of rotatable bonds is 4. The van der Waals surface area contributed by atoms with Gasteiger partial charge in [0.15, 0.2) is 11.6 Å². The van der Waals surface area contributed by atoms with Crippen LogP contribution in [0, 0.1) is 0 Å². The molecular formula is C18H17F3N6O2S. The first-order valence-corrected chi connectivity index (χ1v) is 10.5. The van der Waals surface area contributed by atoms with E-state index < -0.39 is 26.7 Å². The van der Waals surface area contributed by atoms with Crippen LogP contribution in [-0.2, 0) is 16.2 Å². The number of sulfonamides is 1. The van der Waals surface area contributed by atoms with Crippen LogP contribution in [0.2, 0.25) is 0 Å². The molecular weight excluding hydrogens is 421 g/mol. The lowest BCUT2D eigenvalue weighted by Crippen LogP contribution is -2.49. The van der Waals surface area contributed by atoms with Gasteiger partial charge in [0.25, 0.3) is 0 Å². The minimum atomic E-state index is -4.75. The molecule has 8 nitrogen and oxygen atoms in total. The number of piperazine rings is 1. The molecule has 1 aliphatic rings. The van der Waals surface area contributed by atoms with Crippen LogP contribution in [0.15, 0.2) is 59.8 Å². The maximum absolute atomic E-state index is 13.3. The molecule has 1 fully saturated rings. The van der Waals surface area contributed by atoms with Crippen LogP contribution < -0.4 is 4.90 Å². The Kier molecular flexibility index (Phi) is 5.20. The van der Waals surface area contributed by atoms with Gasteiger partial charge in [0, 0.05) is 38.6 Å². The second-order valence-electron chi connectivity index (χ2n) is 6.59. The van der Waals surface area contributed by atoms with E-state index in [1.165, 1.54) is 12.1 Å². The number of alkyl halides is 3. The van der Waals surface area contributed by atoms with Crippen molar-refractivity contribution >= 4 is 15.8 Å². The van der Waals surface area contributed by atoms with Gasteiger partial charge in [-0.15, -0.1) is 10.2 Å². The van der Waals surface area contributed by atoms with E-state index in [1.807, 2.05) is 4.90 Å². The van der Waals surface area contributed by atoms with Gasteiger partial charge < -0.3 is 4.90 Å². The van der Waals surface area contributed by atoms with Gasteiger partial charge in [0.2, 0.25) is 10.0 Å². The van der Waals surface area contributed by atoms with Gasteiger partial charge in [0.05, 0.1) is 10.5 Å². The SMILES string of the molecule is O=S(=O)(c1ccccc1C(F)(F)F)N1CCN(c2ccc(-n3cccn3)nn2)CC1. The van der Waals surface area contributed by atoms with Crippen molar-refractivity contribution in [2.24, 2.45) is 0 Å². The summed E-state index contributed by atoms with van der Waals surface area (Å²) in [7, 11) is -4.28. The smallest absolute Gasteiger partial charge is 0.352 e. The zero-order valence-electron chi connectivity index (χ0n) is 15.6. The molecule has 0 bridgehead atoms. The number of nitrogens with zero attached hydrogens (tertiary/aromatic N) is 6. The summed E-state index contributed by atoms with van der Waals surface area (Å²) in [5.41, 5.74) is -1.16. The summed E-state index contributed by atoms with van der Waals surface area (Å²) in [6.45, 7) is 0.640. The van der Waals surface area contributed by atoms with Gasteiger partial charge in [0.1, 0.15) is 0 Å². The fourth-order valence-corrected chi connectivity index (χ4v) is 4.87. The van der Waals surface area contributed by atoms with Crippen LogP contribution in [0.4, 0.5) is 19.0 Å². The summed E-state index contributed by atoms with van der Waals surface area (Å²) in [5.74, 6) is 1.09. The molecule has 3 heterocycles. The lowest BCUT2D eigenvalue weighted by Gasteiger charge is -2.34. The summed E-state index contributed by atoms with van der Waals surface area (Å²) in [5, 5.41) is 12.3. The Morgan fingerprint density at radius 2 is 1.53 bits per heavy atom. The van der Waals surface area contributed by atoms with Crippen LogP contribution in [0.25, 0.3) is 5.82 Å². The Hall–Kier alpha value is -2.99. The molecule has 1 aliphatic heterocycles. The molecule has 158 valence electrons. The second-order valence-corrected chi connectivity index (χ2v) is 8.49. The summed E-state index contributed by atoms with van der Waals surface area (Å²) < 4.78 is 68.1. The Balaban J connectivity index is 1.48. The molecule has 4 rings (SSSR count). The van der Waals surface area contributed by atoms with Crippen molar-refractivity contribution in [2.75, 3.05) is 31.1 Å². The van der Waals surface area contributed by atoms with Gasteiger partial charge in [-0.1, -0.05) is 12.1 Å². The lowest BCUT2D eigenvalue weighted by atomic mass is 10.2. The average Bonchev–Trinajstić information content (AvgIpc) is 3.28. The molecule has 0 amide bonds. The van der Waals surface area contributed by atoms with Crippen LogP contribution in [-0.4, -0.2) is 58.9 Å². The third-order valence-corrected chi connectivity index (χ3v) is 6.71. The first kappa shape index (κ1) is 20.3. The lowest BCUT2D eigenvalue weighted by molar-refractivity contribution is -0.139. The quantitative estimate of drug-likeness (QED) is 0.621. The average molecular weight is 438 g/mol. The highest BCUT2D eigenvalue weighted by Gasteiger charge is 2.39. The standard InChI is InChI=1S/C18H17F3N6O2S/c19-18(20,21)14-4-1-2-5-15(14)30(28,29)26-12-10-25(11-13-26)16-6-7-17(24-23-16)27-9-3-8-22-27/h1-9H,10-13H2. The first-order chi connectivity index (χ1) is 14.3. The summed E-state index contributed by atoms with van der Waals surface area (Å²) >= 11 is 0. The van der Waals surface area contributed by atoms with Gasteiger partial charge in [-0.2, -0.15) is 22.6 Å². The van der Waals surface area contributed by atoms with Crippen molar-refractivity contribution in [1.82, 2.24) is 24.3 Å². The third-order valence-electron chi connectivity index (χ3n) is 4.75. The Bertz CT molecular complexity index is 1110. The molecule has 0 radical (unpaired) electrons. The highest BCUT2D eigenvalue weighted by atomic mass is 32.2. The molecule has 0 spiro atoms. The van der Waals surface area contributed by atoms with Crippen LogP contribution in [0.1, 0.15) is 5.56 Å². The number of benzene rings is 1. The molecule has 0 atom stereocenters. The Morgan fingerprint density at radius 3 is 2.13 bits per heavy atom. The minimum absolute atomic E-state index is 0.0388. The summed E-state index contributed by atoms with van der Waals surface area (Å²) in [6.07, 6.45) is -1.41. The first-order valence-electron chi connectivity index (χ1n) is 9.02. The third kappa shape index (κ3) is 3.87. The molecule has 0 unspecified atom stereocenters. The largest absolute Gasteiger partial charge is 0.417 e. The van der Waals surface area contributed by atoms with Crippen molar-refractivity contribution in [1.29, 1.82) is 0 Å². The van der Waals surface area contributed by atoms with Gasteiger partial charge in [-0.05, 0) is 30.3 Å². The van der Waals surface area contributed by atoms with Gasteiger partial charge in [-0.25, -0.2) is 13.1 Å². The van der Waals surface area contributed by atoms with E-state index >= 15 is 0 Å². The predicted molar refractivity (Wildman–Crippen MR) is 102 cm³/mol. The Morgan fingerprint density at radius 1 is 0.867 bits per heavy atom. The van der Waals surface area contributed by atoms with E-state index in [-0.39, 0.29) is 26.2 Å². The monoisotopic (exact) mass is 438 g/mol. The highest BCUT2D eigenvalue weighted by molar-refractivity contribution is 7.89. The zero-order chi connectivity index (χ0) is 21.4. The van der Waals surface area contributed by atoms with E-state index in [0.717, 1.165) is 16.4 Å². The van der Waals surface area contributed by atoms with Gasteiger partial charge >= 0.3 is 6.18 Å². The summed E-state index contributed by atoms with van der Waals surface area (Å²) in [4.78, 5) is 1.11. The fraction of sp³-hybridized carbons (Fsp3) is 0.278. The maximum Gasteiger partial charge on any atom is 0.417 e. The van der Waals surface area contributed by atoms with Crippen molar-refractivity contribution in [3.05, 3.63) is 60.4 Å². The highest BCUT2D eigenvalue weighted by Crippen LogP contribution is 2.35. The molecule has 0 saturated carbocycles. The number of hydrogen-bond donors (Lipinski definition) is 0. The van der Waals surface area contributed by atoms with E-state index in [0.29, 0.717) is 11.6 Å². The molecule has 30 heavy (non-hydrogen) atoms. The zero-order valence-corrected chi connectivity index (χ0v) is 16.4.